The fourth-order valence-electron chi connectivity index (χ4n) is 4.96. The van der Waals surface area contributed by atoms with Crippen molar-refractivity contribution in [3.05, 3.63) is 0 Å². The minimum absolute atomic E-state index is 0.0597. The maximum atomic E-state index is 12.7. The van der Waals surface area contributed by atoms with Crippen molar-refractivity contribution >= 4 is 58.0 Å². The standard InChI is InChI=1S/C28H46N4O4S2/c1-9-29-17-23(37)31(25(29)35)19(3)27(5,6)15-13-21(33)11-12-22(34)14-16-28(7,8)20(4)32-24(38)18-30(10-2)26(32)36/h19-20H,9-18H2,1-8H3. The Morgan fingerprint density at radius 2 is 1.03 bits per heavy atom. The molecule has 4 amide bonds. The second-order valence-electron chi connectivity index (χ2n) is 12.0. The van der Waals surface area contributed by atoms with Crippen LogP contribution in [0.2, 0.25) is 0 Å². The van der Waals surface area contributed by atoms with E-state index in [2.05, 4.69) is 27.7 Å². The van der Waals surface area contributed by atoms with E-state index in [9.17, 15) is 19.2 Å². The van der Waals surface area contributed by atoms with E-state index in [0.29, 0.717) is 61.8 Å². The lowest BCUT2D eigenvalue weighted by molar-refractivity contribution is -0.124. The van der Waals surface area contributed by atoms with Gasteiger partial charge in [0.15, 0.2) is 0 Å². The van der Waals surface area contributed by atoms with Crippen LogP contribution < -0.4 is 0 Å². The van der Waals surface area contributed by atoms with Gasteiger partial charge in [-0.2, -0.15) is 0 Å². The second kappa shape index (κ2) is 12.9. The summed E-state index contributed by atoms with van der Waals surface area (Å²) in [4.78, 5) is 58.8. The number of carbonyl (C=O) groups excluding carboxylic acids is 4. The molecule has 0 aromatic rings. The van der Waals surface area contributed by atoms with Crippen molar-refractivity contribution in [1.82, 2.24) is 19.6 Å². The number of rotatable bonds is 15. The summed E-state index contributed by atoms with van der Waals surface area (Å²) in [6, 6.07) is -0.383. The highest BCUT2D eigenvalue weighted by atomic mass is 32.1. The van der Waals surface area contributed by atoms with E-state index in [4.69, 9.17) is 24.4 Å². The number of carbonyl (C=O) groups is 4. The Balaban J connectivity index is 1.80. The molecule has 8 nitrogen and oxygen atoms in total. The Kier molecular flexibility index (Phi) is 11.0. The molecular weight excluding hydrogens is 520 g/mol. The molecule has 0 bridgehead atoms. The van der Waals surface area contributed by atoms with Gasteiger partial charge >= 0.3 is 12.1 Å². The van der Waals surface area contributed by atoms with Crippen molar-refractivity contribution in [1.29, 1.82) is 0 Å². The summed E-state index contributed by atoms with van der Waals surface area (Å²) in [7, 11) is 0. The number of Topliss-reactive ketones (excluding diaryl/α,β-unsaturated/α-hetero) is 2. The van der Waals surface area contributed by atoms with E-state index < -0.39 is 0 Å². The third kappa shape index (κ3) is 7.37. The molecule has 2 fully saturated rings. The van der Waals surface area contributed by atoms with Crippen LogP contribution in [0.3, 0.4) is 0 Å². The van der Waals surface area contributed by atoms with E-state index in [1.165, 1.54) is 0 Å². The molecule has 2 atom stereocenters. The summed E-state index contributed by atoms with van der Waals surface area (Å²) in [5.74, 6) is 0.119. The molecule has 0 aromatic heterocycles. The van der Waals surface area contributed by atoms with Crippen LogP contribution in [-0.4, -0.2) is 91.5 Å². The maximum absolute atomic E-state index is 12.7. The molecule has 0 N–H and O–H groups in total. The normalized spacial score (nSPS) is 18.6. The summed E-state index contributed by atoms with van der Waals surface area (Å²) in [6.07, 6.45) is 2.41. The minimum Gasteiger partial charge on any atom is -0.318 e. The van der Waals surface area contributed by atoms with Crippen molar-refractivity contribution in [2.24, 2.45) is 10.8 Å². The first-order valence-corrected chi connectivity index (χ1v) is 14.6. The monoisotopic (exact) mass is 566 g/mol. The Hall–Kier alpha value is -1.94. The van der Waals surface area contributed by atoms with Gasteiger partial charge in [0, 0.05) is 50.9 Å². The SMILES string of the molecule is CCN1CC(=S)N(C(C)C(C)(C)CCC(=O)CCC(=O)CCC(C)(C)C(C)N2C(=O)N(CC)CC2=S)C1=O. The molecular formula is C28H46N4O4S2. The number of amides is 4. The zero-order chi connectivity index (χ0) is 29.0. The van der Waals surface area contributed by atoms with Gasteiger partial charge in [0.25, 0.3) is 0 Å². The van der Waals surface area contributed by atoms with E-state index in [1.54, 1.807) is 19.6 Å². The molecule has 0 saturated carbocycles. The first-order chi connectivity index (χ1) is 17.6. The van der Waals surface area contributed by atoms with Crippen LogP contribution >= 0.6 is 24.4 Å². The molecule has 2 rings (SSSR count). The molecule has 10 heteroatoms. The summed E-state index contributed by atoms with van der Waals surface area (Å²) in [5, 5.41) is 0. The van der Waals surface area contributed by atoms with Crippen LogP contribution in [0.5, 0.6) is 0 Å². The van der Waals surface area contributed by atoms with Gasteiger partial charge in [-0.1, -0.05) is 52.1 Å². The molecule has 0 radical (unpaired) electrons. The van der Waals surface area contributed by atoms with Gasteiger partial charge in [-0.15, -0.1) is 0 Å². The maximum Gasteiger partial charge on any atom is 0.325 e. The molecule has 2 heterocycles. The average Bonchev–Trinajstić information content (AvgIpc) is 3.31. The number of nitrogens with zero attached hydrogens (tertiary/aromatic N) is 4. The quantitative estimate of drug-likeness (QED) is 0.245. The third-order valence-corrected chi connectivity index (χ3v) is 9.37. The lowest BCUT2D eigenvalue weighted by Crippen LogP contribution is -2.47. The van der Waals surface area contributed by atoms with Gasteiger partial charge in [0.2, 0.25) is 0 Å². The third-order valence-electron chi connectivity index (χ3n) is 8.72. The van der Waals surface area contributed by atoms with Crippen molar-refractivity contribution in [3.8, 4) is 0 Å². The van der Waals surface area contributed by atoms with E-state index in [1.807, 2.05) is 27.7 Å². The van der Waals surface area contributed by atoms with Gasteiger partial charge in [0.05, 0.1) is 13.1 Å². The summed E-state index contributed by atoms with van der Waals surface area (Å²) in [6.45, 7) is 18.3. The summed E-state index contributed by atoms with van der Waals surface area (Å²) in [5.41, 5.74) is -0.603. The van der Waals surface area contributed by atoms with Crippen molar-refractivity contribution in [2.75, 3.05) is 26.2 Å². The number of thiocarbonyl (C=S) groups is 2. The molecule has 0 aliphatic carbocycles. The lowest BCUT2D eigenvalue weighted by Gasteiger charge is -2.37. The molecule has 2 unspecified atom stereocenters. The highest BCUT2D eigenvalue weighted by Gasteiger charge is 2.42. The largest absolute Gasteiger partial charge is 0.325 e. The number of hydrogen-bond donors (Lipinski definition) is 0. The first-order valence-electron chi connectivity index (χ1n) is 13.8. The van der Waals surface area contributed by atoms with E-state index in [-0.39, 0.29) is 59.4 Å². The molecule has 2 aliphatic heterocycles. The summed E-state index contributed by atoms with van der Waals surface area (Å²) < 4.78 is 0. The van der Waals surface area contributed by atoms with Crippen molar-refractivity contribution in [2.45, 2.75) is 106 Å². The molecule has 2 saturated heterocycles. The number of hydrogen-bond acceptors (Lipinski definition) is 6. The number of urea groups is 2. The molecule has 214 valence electrons. The molecule has 2 aliphatic rings. The highest BCUT2D eigenvalue weighted by Crippen LogP contribution is 2.35. The zero-order valence-corrected chi connectivity index (χ0v) is 26.1. The lowest BCUT2D eigenvalue weighted by atomic mass is 9.79. The van der Waals surface area contributed by atoms with E-state index >= 15 is 0 Å². The Bertz CT molecular complexity index is 889. The van der Waals surface area contributed by atoms with Gasteiger partial charge in [0.1, 0.15) is 21.5 Å². The topological polar surface area (TPSA) is 81.2 Å². The predicted molar refractivity (Wildman–Crippen MR) is 158 cm³/mol. The molecule has 38 heavy (non-hydrogen) atoms. The van der Waals surface area contributed by atoms with Gasteiger partial charge in [-0.3, -0.25) is 19.4 Å². The summed E-state index contributed by atoms with van der Waals surface area (Å²) >= 11 is 10.9. The molecule has 0 aromatic carbocycles. The van der Waals surface area contributed by atoms with Crippen LogP contribution in [0.1, 0.15) is 93.9 Å². The molecule has 0 spiro atoms. The minimum atomic E-state index is -0.301. The van der Waals surface area contributed by atoms with Crippen LogP contribution in [0.4, 0.5) is 9.59 Å². The fourth-order valence-corrected chi connectivity index (χ4v) is 5.74. The zero-order valence-electron chi connectivity index (χ0n) is 24.5. The Morgan fingerprint density at radius 1 is 0.711 bits per heavy atom. The fraction of sp³-hybridized carbons (Fsp3) is 0.786. The second-order valence-corrected chi connectivity index (χ2v) is 13.0. The van der Waals surface area contributed by atoms with Gasteiger partial charge in [-0.05, 0) is 51.4 Å². The van der Waals surface area contributed by atoms with Crippen molar-refractivity contribution in [3.63, 3.8) is 0 Å². The average molecular weight is 567 g/mol. The van der Waals surface area contributed by atoms with Gasteiger partial charge < -0.3 is 9.80 Å². The van der Waals surface area contributed by atoms with Gasteiger partial charge in [-0.25, -0.2) is 9.59 Å². The highest BCUT2D eigenvalue weighted by molar-refractivity contribution is 7.80. The Morgan fingerprint density at radius 3 is 1.29 bits per heavy atom. The number of ketones is 2. The van der Waals surface area contributed by atoms with Crippen LogP contribution in [0.25, 0.3) is 0 Å². The number of likely N-dealkylation sites (N-methyl/N-ethyl adjacent to an activating group) is 2. The van der Waals surface area contributed by atoms with E-state index in [0.717, 1.165) is 0 Å². The van der Waals surface area contributed by atoms with Crippen LogP contribution in [0.15, 0.2) is 0 Å². The smallest absolute Gasteiger partial charge is 0.318 e. The van der Waals surface area contributed by atoms with Crippen molar-refractivity contribution < 1.29 is 19.2 Å². The Labute approximate surface area is 239 Å². The first kappa shape index (κ1) is 32.3. The predicted octanol–water partition coefficient (Wildman–Crippen LogP) is 5.46. The van der Waals surface area contributed by atoms with Crippen LogP contribution in [0, 0.1) is 10.8 Å². The van der Waals surface area contributed by atoms with Crippen LogP contribution in [-0.2, 0) is 9.59 Å².